The molecule has 1 heterocycles. The first-order valence-corrected chi connectivity index (χ1v) is 5.28. The number of ether oxygens (including phenoxy) is 2. The summed E-state index contributed by atoms with van der Waals surface area (Å²) >= 11 is 0. The van der Waals surface area contributed by atoms with Crippen molar-refractivity contribution in [2.24, 2.45) is 7.05 Å². The minimum atomic E-state index is -0.210. The third kappa shape index (κ3) is 2.04. The number of aryl methyl sites for hydroxylation is 1. The van der Waals surface area contributed by atoms with Gasteiger partial charge in [0.15, 0.2) is 0 Å². The van der Waals surface area contributed by atoms with E-state index in [1.54, 1.807) is 32.4 Å². The van der Waals surface area contributed by atoms with Crippen LogP contribution in [0.5, 0.6) is 11.5 Å². The van der Waals surface area contributed by atoms with Crippen molar-refractivity contribution in [1.29, 1.82) is 0 Å². The Bertz CT molecular complexity index is 578. The Hall–Kier alpha value is -2.37. The summed E-state index contributed by atoms with van der Waals surface area (Å²) in [7, 11) is 4.72. The van der Waals surface area contributed by atoms with E-state index in [1.165, 1.54) is 18.0 Å². The van der Waals surface area contributed by atoms with Gasteiger partial charge in [-0.05, 0) is 18.2 Å². The van der Waals surface area contributed by atoms with Gasteiger partial charge in [-0.1, -0.05) is 5.21 Å². The molecule has 0 unspecified atom stereocenters. The van der Waals surface area contributed by atoms with Crippen LogP contribution in [0.25, 0.3) is 0 Å². The molecule has 1 aromatic heterocycles. The van der Waals surface area contributed by atoms with Crippen molar-refractivity contribution in [2.75, 3.05) is 14.2 Å². The molecule has 0 saturated carbocycles. The third-order valence-corrected chi connectivity index (χ3v) is 2.60. The fraction of sp³-hybridized carbons (Fsp3) is 0.250. The highest BCUT2D eigenvalue weighted by Gasteiger charge is 2.18. The summed E-state index contributed by atoms with van der Waals surface area (Å²) in [5.41, 5.74) is 0.809. The number of nitrogens with zero attached hydrogens (tertiary/aromatic N) is 3. The van der Waals surface area contributed by atoms with Crippen LogP contribution in [0.2, 0.25) is 0 Å². The molecule has 0 aliphatic carbocycles. The zero-order valence-corrected chi connectivity index (χ0v) is 10.4. The Morgan fingerprint density at radius 1 is 1.28 bits per heavy atom. The van der Waals surface area contributed by atoms with Gasteiger partial charge in [-0.25, -0.2) is 4.68 Å². The van der Waals surface area contributed by atoms with Gasteiger partial charge in [0, 0.05) is 7.05 Å². The van der Waals surface area contributed by atoms with Crippen LogP contribution in [-0.4, -0.2) is 35.0 Å². The summed E-state index contributed by atoms with van der Waals surface area (Å²) in [6.07, 6.45) is 1.42. The quantitative estimate of drug-likeness (QED) is 0.756. The first-order chi connectivity index (χ1) is 8.67. The second-order valence-electron chi connectivity index (χ2n) is 3.64. The van der Waals surface area contributed by atoms with Crippen LogP contribution in [-0.2, 0) is 7.05 Å². The van der Waals surface area contributed by atoms with Crippen molar-refractivity contribution in [3.8, 4) is 11.5 Å². The number of ketones is 1. The summed E-state index contributed by atoms with van der Waals surface area (Å²) in [5, 5.41) is 7.42. The molecule has 2 aromatic rings. The third-order valence-electron chi connectivity index (χ3n) is 2.60. The number of aromatic nitrogens is 3. The highest BCUT2D eigenvalue weighted by molar-refractivity contribution is 6.09. The van der Waals surface area contributed by atoms with Crippen LogP contribution in [0.1, 0.15) is 16.1 Å². The molecule has 0 amide bonds. The lowest BCUT2D eigenvalue weighted by molar-refractivity contribution is 0.102. The van der Waals surface area contributed by atoms with Crippen molar-refractivity contribution in [3.63, 3.8) is 0 Å². The molecule has 6 heteroatoms. The molecule has 0 atom stereocenters. The lowest BCUT2D eigenvalue weighted by Crippen LogP contribution is -2.09. The number of rotatable bonds is 4. The molecule has 0 fully saturated rings. The number of hydrogen-bond acceptors (Lipinski definition) is 5. The molecule has 2 rings (SSSR count). The van der Waals surface area contributed by atoms with E-state index in [1.807, 2.05) is 0 Å². The number of carbonyl (C=O) groups excluding carboxylic acids is 1. The molecule has 94 valence electrons. The van der Waals surface area contributed by atoms with Crippen LogP contribution in [0.15, 0.2) is 24.4 Å². The van der Waals surface area contributed by atoms with E-state index in [4.69, 9.17) is 9.47 Å². The van der Waals surface area contributed by atoms with Gasteiger partial charge < -0.3 is 9.47 Å². The molecular weight excluding hydrogens is 234 g/mol. The fourth-order valence-corrected chi connectivity index (χ4v) is 1.62. The number of carbonyl (C=O) groups is 1. The van der Waals surface area contributed by atoms with E-state index >= 15 is 0 Å². The van der Waals surface area contributed by atoms with Crippen molar-refractivity contribution in [2.45, 2.75) is 0 Å². The van der Waals surface area contributed by atoms with Gasteiger partial charge in [-0.3, -0.25) is 4.79 Å². The molecule has 18 heavy (non-hydrogen) atoms. The maximum atomic E-state index is 12.3. The maximum absolute atomic E-state index is 12.3. The van der Waals surface area contributed by atoms with Crippen molar-refractivity contribution >= 4 is 5.78 Å². The van der Waals surface area contributed by atoms with Crippen LogP contribution in [0.3, 0.4) is 0 Å². The molecule has 0 bridgehead atoms. The van der Waals surface area contributed by atoms with Gasteiger partial charge in [0.2, 0.25) is 5.78 Å². The highest BCUT2D eigenvalue weighted by Crippen LogP contribution is 2.25. The second kappa shape index (κ2) is 4.87. The lowest BCUT2D eigenvalue weighted by Gasteiger charge is -2.09. The van der Waals surface area contributed by atoms with Gasteiger partial charge in [0.1, 0.15) is 17.2 Å². The smallest absolute Gasteiger partial charge is 0.216 e. The topological polar surface area (TPSA) is 66.2 Å². The minimum Gasteiger partial charge on any atom is -0.497 e. The first kappa shape index (κ1) is 12.1. The van der Waals surface area contributed by atoms with Gasteiger partial charge in [0.05, 0.1) is 26.0 Å². The SMILES string of the molecule is COc1ccc(OC)c(C(=O)c2cnnn2C)c1. The molecule has 0 aliphatic rings. The molecule has 6 nitrogen and oxygen atoms in total. The predicted molar refractivity (Wildman–Crippen MR) is 64.0 cm³/mol. The van der Waals surface area contributed by atoms with Gasteiger partial charge in [-0.2, -0.15) is 0 Å². The summed E-state index contributed by atoms with van der Waals surface area (Å²) in [6.45, 7) is 0. The van der Waals surface area contributed by atoms with E-state index < -0.39 is 0 Å². The molecule has 0 spiro atoms. The van der Waals surface area contributed by atoms with Crippen LogP contribution >= 0.6 is 0 Å². The Morgan fingerprint density at radius 3 is 2.61 bits per heavy atom. The normalized spacial score (nSPS) is 10.2. The zero-order chi connectivity index (χ0) is 13.1. The standard InChI is InChI=1S/C12H13N3O3/c1-15-10(7-13-14-15)12(16)9-6-8(17-2)4-5-11(9)18-3/h4-7H,1-3H3. The Morgan fingerprint density at radius 2 is 2.06 bits per heavy atom. The highest BCUT2D eigenvalue weighted by atomic mass is 16.5. The first-order valence-electron chi connectivity index (χ1n) is 5.28. The molecule has 0 radical (unpaired) electrons. The number of hydrogen-bond donors (Lipinski definition) is 0. The molecule has 0 saturated heterocycles. The summed E-state index contributed by atoms with van der Waals surface area (Å²) < 4.78 is 11.7. The van der Waals surface area contributed by atoms with E-state index in [2.05, 4.69) is 10.3 Å². The van der Waals surface area contributed by atoms with Crippen molar-refractivity contribution in [3.05, 3.63) is 35.7 Å². The summed E-state index contributed by atoms with van der Waals surface area (Å²) in [4.78, 5) is 12.3. The molecular formula is C12H13N3O3. The fourth-order valence-electron chi connectivity index (χ4n) is 1.62. The second-order valence-corrected chi connectivity index (χ2v) is 3.64. The Labute approximate surface area is 104 Å². The van der Waals surface area contributed by atoms with E-state index in [-0.39, 0.29) is 5.78 Å². The average Bonchev–Trinajstić information content (AvgIpc) is 2.83. The monoisotopic (exact) mass is 247 g/mol. The van der Waals surface area contributed by atoms with Crippen molar-refractivity contribution < 1.29 is 14.3 Å². The summed E-state index contributed by atoms with van der Waals surface area (Å²) in [5.74, 6) is 0.870. The van der Waals surface area contributed by atoms with Gasteiger partial charge >= 0.3 is 0 Å². The average molecular weight is 247 g/mol. The minimum absolute atomic E-state index is 0.210. The van der Waals surface area contributed by atoms with E-state index in [0.29, 0.717) is 22.8 Å². The lowest BCUT2D eigenvalue weighted by atomic mass is 10.1. The largest absolute Gasteiger partial charge is 0.497 e. The Kier molecular flexibility index (Phi) is 3.27. The van der Waals surface area contributed by atoms with Crippen LogP contribution in [0.4, 0.5) is 0 Å². The molecule has 1 aromatic carbocycles. The zero-order valence-electron chi connectivity index (χ0n) is 10.4. The predicted octanol–water partition coefficient (Wildman–Crippen LogP) is 1.06. The molecule has 0 N–H and O–H groups in total. The maximum Gasteiger partial charge on any atom is 0.216 e. The van der Waals surface area contributed by atoms with Gasteiger partial charge in [-0.15, -0.1) is 5.10 Å². The van der Waals surface area contributed by atoms with Gasteiger partial charge in [0.25, 0.3) is 0 Å². The van der Waals surface area contributed by atoms with E-state index in [9.17, 15) is 4.79 Å². The summed E-state index contributed by atoms with van der Waals surface area (Å²) in [6, 6.07) is 5.06. The number of benzene rings is 1. The van der Waals surface area contributed by atoms with Crippen molar-refractivity contribution in [1.82, 2.24) is 15.0 Å². The van der Waals surface area contributed by atoms with Crippen LogP contribution in [0, 0.1) is 0 Å². The number of methoxy groups -OCH3 is 2. The molecule has 0 aliphatic heterocycles. The van der Waals surface area contributed by atoms with Crippen LogP contribution < -0.4 is 9.47 Å². The van der Waals surface area contributed by atoms with E-state index in [0.717, 1.165) is 0 Å². The Balaban J connectivity index is 2.49.